The van der Waals surface area contributed by atoms with Gasteiger partial charge in [-0.3, -0.25) is 4.79 Å². The van der Waals surface area contributed by atoms with Gasteiger partial charge in [0, 0.05) is 25.1 Å². The second kappa shape index (κ2) is 3.36. The average Bonchev–Trinajstić information content (AvgIpc) is 2.97. The summed E-state index contributed by atoms with van der Waals surface area (Å²) in [5.41, 5.74) is 1.13. The molecule has 1 aromatic rings. The minimum Gasteiger partial charge on any atom is -0.355 e. The van der Waals surface area contributed by atoms with Crippen LogP contribution in [0.15, 0.2) is 18.6 Å². The maximum absolute atomic E-state index is 10.8. The Balaban J connectivity index is 2.06. The summed E-state index contributed by atoms with van der Waals surface area (Å²) < 4.78 is 0. The van der Waals surface area contributed by atoms with E-state index >= 15 is 0 Å². The van der Waals surface area contributed by atoms with E-state index in [1.54, 1.807) is 12.5 Å². The maximum atomic E-state index is 10.8. The van der Waals surface area contributed by atoms with E-state index in [9.17, 15) is 4.79 Å². The minimum absolute atomic E-state index is 0.0188. The molecule has 0 radical (unpaired) electrons. The Kier molecular flexibility index (Phi) is 2.19. The van der Waals surface area contributed by atoms with Crippen molar-refractivity contribution in [3.63, 3.8) is 0 Å². The van der Waals surface area contributed by atoms with Crippen molar-refractivity contribution in [3.05, 3.63) is 24.3 Å². The first-order valence-corrected chi connectivity index (χ1v) is 4.74. The molecular formula is C10H13N3O. The fourth-order valence-corrected chi connectivity index (χ4v) is 1.57. The fourth-order valence-electron chi connectivity index (χ4n) is 1.57. The number of amides is 1. The quantitative estimate of drug-likeness (QED) is 0.763. The predicted molar refractivity (Wildman–Crippen MR) is 51.6 cm³/mol. The zero-order valence-corrected chi connectivity index (χ0v) is 8.16. The van der Waals surface area contributed by atoms with Crippen molar-refractivity contribution in [2.45, 2.75) is 25.2 Å². The van der Waals surface area contributed by atoms with Crippen molar-refractivity contribution >= 4 is 5.91 Å². The lowest BCUT2D eigenvalue weighted by Gasteiger charge is -2.13. The topological polar surface area (TPSA) is 54.9 Å². The maximum Gasteiger partial charge on any atom is 0.216 e. The number of hydrogen-bond acceptors (Lipinski definition) is 3. The second-order valence-electron chi connectivity index (χ2n) is 3.78. The van der Waals surface area contributed by atoms with Crippen LogP contribution in [0.3, 0.4) is 0 Å². The van der Waals surface area contributed by atoms with Crippen molar-refractivity contribution in [1.29, 1.82) is 0 Å². The molecule has 14 heavy (non-hydrogen) atoms. The molecule has 1 saturated carbocycles. The Morgan fingerprint density at radius 3 is 2.93 bits per heavy atom. The van der Waals surface area contributed by atoms with E-state index in [0.29, 0.717) is 6.54 Å². The smallest absolute Gasteiger partial charge is 0.216 e. The molecule has 0 atom stereocenters. The molecule has 1 fully saturated rings. The van der Waals surface area contributed by atoms with Gasteiger partial charge in [0.15, 0.2) is 0 Å². The molecule has 4 nitrogen and oxygen atoms in total. The summed E-state index contributed by atoms with van der Waals surface area (Å²) in [5, 5.41) is 2.85. The van der Waals surface area contributed by atoms with Gasteiger partial charge in [0.05, 0.1) is 5.69 Å². The Hall–Kier alpha value is -1.45. The highest BCUT2D eigenvalue weighted by molar-refractivity contribution is 5.73. The van der Waals surface area contributed by atoms with Gasteiger partial charge in [-0.2, -0.15) is 0 Å². The number of rotatable bonds is 3. The molecule has 0 aromatic carbocycles. The molecule has 0 bridgehead atoms. The van der Waals surface area contributed by atoms with Crippen LogP contribution in [0.5, 0.6) is 0 Å². The molecule has 1 aliphatic rings. The number of carbonyl (C=O) groups is 1. The third-order valence-electron chi connectivity index (χ3n) is 2.65. The van der Waals surface area contributed by atoms with Gasteiger partial charge in [-0.15, -0.1) is 0 Å². The number of nitrogens with one attached hydrogen (secondary N) is 1. The summed E-state index contributed by atoms with van der Waals surface area (Å²) in [6.07, 6.45) is 5.51. The Morgan fingerprint density at radius 1 is 1.64 bits per heavy atom. The Bertz CT molecular complexity index is 332. The number of hydrogen-bond donors (Lipinski definition) is 1. The third-order valence-corrected chi connectivity index (χ3v) is 2.65. The van der Waals surface area contributed by atoms with E-state index in [1.165, 1.54) is 6.92 Å². The van der Waals surface area contributed by atoms with Crippen molar-refractivity contribution < 1.29 is 4.79 Å². The first kappa shape index (κ1) is 9.12. The highest BCUT2D eigenvalue weighted by atomic mass is 16.1. The standard InChI is InChI=1S/C10H13N3O/c1-8(14)12-6-10(3-4-10)9-2-5-11-7-13-9/h2,5,7H,3-4,6H2,1H3,(H,12,14). The zero-order valence-electron chi connectivity index (χ0n) is 8.16. The van der Waals surface area contributed by atoms with E-state index in [1.807, 2.05) is 6.07 Å². The van der Waals surface area contributed by atoms with E-state index in [-0.39, 0.29) is 11.3 Å². The normalized spacial score (nSPS) is 17.5. The minimum atomic E-state index is 0.0188. The van der Waals surface area contributed by atoms with Crippen molar-refractivity contribution in [2.75, 3.05) is 6.54 Å². The average molecular weight is 191 g/mol. The van der Waals surface area contributed by atoms with Crippen LogP contribution in [0.25, 0.3) is 0 Å². The van der Waals surface area contributed by atoms with Crippen LogP contribution < -0.4 is 5.32 Å². The van der Waals surface area contributed by atoms with Crippen LogP contribution in [-0.4, -0.2) is 22.4 Å². The van der Waals surface area contributed by atoms with E-state index < -0.39 is 0 Å². The molecule has 0 unspecified atom stereocenters. The number of carbonyl (C=O) groups excluding carboxylic acids is 1. The molecule has 1 N–H and O–H groups in total. The van der Waals surface area contributed by atoms with Crippen LogP contribution in [0.1, 0.15) is 25.5 Å². The van der Waals surface area contributed by atoms with E-state index in [4.69, 9.17) is 0 Å². The van der Waals surface area contributed by atoms with Gasteiger partial charge in [-0.05, 0) is 18.9 Å². The molecule has 0 spiro atoms. The van der Waals surface area contributed by atoms with E-state index in [0.717, 1.165) is 18.5 Å². The highest BCUT2D eigenvalue weighted by Crippen LogP contribution is 2.46. The lowest BCUT2D eigenvalue weighted by Crippen LogP contribution is -2.30. The summed E-state index contributed by atoms with van der Waals surface area (Å²) in [7, 11) is 0. The van der Waals surface area contributed by atoms with Gasteiger partial charge in [0.1, 0.15) is 6.33 Å². The molecule has 1 aromatic heterocycles. The largest absolute Gasteiger partial charge is 0.355 e. The van der Waals surface area contributed by atoms with Crippen LogP contribution in [0.4, 0.5) is 0 Å². The van der Waals surface area contributed by atoms with Gasteiger partial charge in [0.25, 0.3) is 0 Å². The first-order chi connectivity index (χ1) is 6.73. The molecule has 0 aliphatic heterocycles. The molecule has 4 heteroatoms. The van der Waals surface area contributed by atoms with Gasteiger partial charge < -0.3 is 5.32 Å². The number of aromatic nitrogens is 2. The summed E-state index contributed by atoms with van der Waals surface area (Å²) in [6, 6.07) is 1.93. The fraction of sp³-hybridized carbons (Fsp3) is 0.500. The SMILES string of the molecule is CC(=O)NCC1(c2ccncn2)CC1. The predicted octanol–water partition coefficient (Wildman–Crippen LogP) is 0.644. The zero-order chi connectivity index (χ0) is 10.0. The van der Waals surface area contributed by atoms with Crippen LogP contribution in [-0.2, 0) is 10.2 Å². The lowest BCUT2D eigenvalue weighted by atomic mass is 10.0. The first-order valence-electron chi connectivity index (χ1n) is 4.74. The van der Waals surface area contributed by atoms with Crippen LogP contribution in [0, 0.1) is 0 Å². The summed E-state index contributed by atoms with van der Waals surface area (Å²) in [5.74, 6) is 0.0188. The lowest BCUT2D eigenvalue weighted by molar-refractivity contribution is -0.119. The molecule has 74 valence electrons. The molecule has 0 saturated heterocycles. The molecule has 2 rings (SSSR count). The van der Waals surface area contributed by atoms with E-state index in [2.05, 4.69) is 15.3 Å². The second-order valence-corrected chi connectivity index (χ2v) is 3.78. The van der Waals surface area contributed by atoms with Crippen LogP contribution >= 0.6 is 0 Å². The monoisotopic (exact) mass is 191 g/mol. The van der Waals surface area contributed by atoms with Crippen molar-refractivity contribution in [3.8, 4) is 0 Å². The third kappa shape index (κ3) is 1.73. The van der Waals surface area contributed by atoms with Gasteiger partial charge in [-0.1, -0.05) is 0 Å². The van der Waals surface area contributed by atoms with Crippen molar-refractivity contribution in [2.24, 2.45) is 0 Å². The van der Waals surface area contributed by atoms with Gasteiger partial charge in [0.2, 0.25) is 5.91 Å². The van der Waals surface area contributed by atoms with Gasteiger partial charge in [-0.25, -0.2) is 9.97 Å². The van der Waals surface area contributed by atoms with Crippen molar-refractivity contribution in [1.82, 2.24) is 15.3 Å². The Labute approximate surface area is 82.8 Å². The highest BCUT2D eigenvalue weighted by Gasteiger charge is 2.45. The summed E-state index contributed by atoms with van der Waals surface area (Å²) >= 11 is 0. The summed E-state index contributed by atoms with van der Waals surface area (Å²) in [4.78, 5) is 18.9. The Morgan fingerprint density at radius 2 is 2.43 bits per heavy atom. The number of nitrogens with zero attached hydrogens (tertiary/aromatic N) is 2. The molecule has 1 aliphatic carbocycles. The van der Waals surface area contributed by atoms with Crippen LogP contribution in [0.2, 0.25) is 0 Å². The molecule has 1 amide bonds. The summed E-state index contributed by atoms with van der Waals surface area (Å²) in [6.45, 7) is 2.23. The molecular weight excluding hydrogens is 178 g/mol. The molecule has 1 heterocycles. The van der Waals surface area contributed by atoms with Gasteiger partial charge >= 0.3 is 0 Å².